The fourth-order valence-corrected chi connectivity index (χ4v) is 3.45. The van der Waals surface area contributed by atoms with Crippen LogP contribution >= 0.6 is 11.3 Å². The third-order valence-electron chi connectivity index (χ3n) is 3.96. The number of nitro groups is 1. The minimum Gasteiger partial charge on any atom is -0.341 e. The summed E-state index contributed by atoms with van der Waals surface area (Å²) in [6.07, 6.45) is 3.34. The van der Waals surface area contributed by atoms with Crippen molar-refractivity contribution in [3.8, 4) is 0 Å². The van der Waals surface area contributed by atoms with Gasteiger partial charge in [-0.3, -0.25) is 19.9 Å². The molecular formula is C19H13N5O3S. The Morgan fingerprint density at radius 3 is 2.75 bits per heavy atom. The number of thiazole rings is 1. The van der Waals surface area contributed by atoms with E-state index in [1.165, 1.54) is 12.1 Å². The number of benzene rings is 2. The molecule has 0 amide bonds. The Hall–Kier alpha value is -3.85. The molecule has 0 atom stereocenters. The zero-order valence-corrected chi connectivity index (χ0v) is 15.1. The van der Waals surface area contributed by atoms with Gasteiger partial charge in [-0.15, -0.1) is 5.10 Å². The van der Waals surface area contributed by atoms with Crippen LogP contribution in [0.4, 0.5) is 17.2 Å². The van der Waals surface area contributed by atoms with Gasteiger partial charge in [-0.25, -0.2) is 0 Å². The van der Waals surface area contributed by atoms with Crippen molar-refractivity contribution >= 4 is 46.5 Å². The van der Waals surface area contributed by atoms with Crippen LogP contribution in [0, 0.1) is 10.1 Å². The summed E-state index contributed by atoms with van der Waals surface area (Å²) in [7, 11) is 0. The molecule has 1 aromatic heterocycles. The molecule has 0 spiro atoms. The zero-order chi connectivity index (χ0) is 19.5. The second-order valence-electron chi connectivity index (χ2n) is 5.85. The molecule has 8 nitrogen and oxygen atoms in total. The maximum absolute atomic E-state index is 11.9. The first-order valence-corrected chi connectivity index (χ1v) is 9.05. The van der Waals surface area contributed by atoms with Crippen molar-refractivity contribution in [2.75, 3.05) is 5.32 Å². The molecule has 9 heteroatoms. The molecule has 2 aromatic carbocycles. The van der Waals surface area contributed by atoms with E-state index < -0.39 is 4.92 Å². The fraction of sp³-hybridized carbons (Fsp3) is 0. The lowest BCUT2D eigenvalue weighted by Gasteiger charge is -2.06. The first-order valence-electron chi connectivity index (χ1n) is 8.23. The number of non-ortho nitro benzene ring substituents is 1. The van der Waals surface area contributed by atoms with E-state index in [4.69, 9.17) is 0 Å². The number of rotatable bonds is 5. The normalized spacial score (nSPS) is 14.3. The van der Waals surface area contributed by atoms with E-state index in [9.17, 15) is 14.9 Å². The van der Waals surface area contributed by atoms with Gasteiger partial charge in [0.1, 0.15) is 11.5 Å². The Bertz CT molecular complexity index is 1190. The van der Waals surface area contributed by atoms with Gasteiger partial charge in [0.05, 0.1) is 16.0 Å². The highest BCUT2D eigenvalue weighted by molar-refractivity contribution is 7.10. The molecule has 0 radical (unpaired) electrons. The van der Waals surface area contributed by atoms with Crippen LogP contribution in [-0.2, 0) is 0 Å². The Labute approximate surface area is 162 Å². The standard InChI is InChI=1S/C19H13N5O3S/c25-19-22-18(21-14-6-2-1-3-7-14)16(28-19)10-13-11-20-23-17(13)12-5-4-8-15(9-12)24(26)27/h1-11,21H,(H,22,25)/b13-10-. The maximum Gasteiger partial charge on any atom is 0.306 e. The van der Waals surface area contributed by atoms with Gasteiger partial charge >= 0.3 is 4.87 Å². The van der Waals surface area contributed by atoms with Crippen molar-refractivity contribution < 1.29 is 4.92 Å². The number of hydrogen-bond donors (Lipinski definition) is 2. The molecule has 1 aliphatic rings. The van der Waals surface area contributed by atoms with Crippen molar-refractivity contribution in [2.24, 2.45) is 10.2 Å². The molecule has 4 rings (SSSR count). The van der Waals surface area contributed by atoms with Crippen molar-refractivity contribution in [3.05, 3.63) is 90.4 Å². The lowest BCUT2D eigenvalue weighted by Crippen LogP contribution is -2.03. The van der Waals surface area contributed by atoms with Gasteiger partial charge in [0.25, 0.3) is 5.69 Å². The van der Waals surface area contributed by atoms with Gasteiger partial charge in [-0.05, 0) is 18.2 Å². The van der Waals surface area contributed by atoms with E-state index in [1.807, 2.05) is 30.3 Å². The number of aromatic nitrogens is 1. The number of aromatic amines is 1. The van der Waals surface area contributed by atoms with E-state index in [2.05, 4.69) is 20.5 Å². The molecule has 0 saturated carbocycles. The molecule has 2 N–H and O–H groups in total. The Morgan fingerprint density at radius 1 is 1.14 bits per heavy atom. The molecule has 0 fully saturated rings. The van der Waals surface area contributed by atoms with Crippen molar-refractivity contribution in [1.29, 1.82) is 0 Å². The molecule has 2 heterocycles. The molecule has 0 saturated heterocycles. The molecule has 0 bridgehead atoms. The predicted molar refractivity (Wildman–Crippen MR) is 111 cm³/mol. The molecule has 0 unspecified atom stereocenters. The van der Waals surface area contributed by atoms with Crippen LogP contribution < -0.4 is 10.2 Å². The summed E-state index contributed by atoms with van der Waals surface area (Å²) in [5.74, 6) is 0.562. The quantitative estimate of drug-likeness (QED) is 0.506. The van der Waals surface area contributed by atoms with E-state index in [1.54, 1.807) is 24.4 Å². The highest BCUT2D eigenvalue weighted by atomic mass is 32.1. The second-order valence-corrected chi connectivity index (χ2v) is 6.86. The number of para-hydroxylation sites is 1. The SMILES string of the molecule is O=c1[nH]c(Nc2ccccc2)c(/C=C2/C=NN=C2c2cccc([N+](=O)[O-])c2)s1. The largest absolute Gasteiger partial charge is 0.341 e. The third kappa shape index (κ3) is 3.64. The van der Waals surface area contributed by atoms with Crippen LogP contribution in [0.25, 0.3) is 6.08 Å². The second kappa shape index (κ2) is 7.41. The van der Waals surface area contributed by atoms with Crippen molar-refractivity contribution in [1.82, 2.24) is 4.98 Å². The number of nitro benzene ring substituents is 1. The average molecular weight is 391 g/mol. The Morgan fingerprint density at radius 2 is 1.96 bits per heavy atom. The smallest absolute Gasteiger partial charge is 0.306 e. The Balaban J connectivity index is 1.69. The number of nitrogens with zero attached hydrogens (tertiary/aromatic N) is 3. The number of H-pyrrole nitrogens is 1. The molecular weight excluding hydrogens is 378 g/mol. The highest BCUT2D eigenvalue weighted by Crippen LogP contribution is 2.26. The van der Waals surface area contributed by atoms with Gasteiger partial charge in [0.15, 0.2) is 0 Å². The topological polar surface area (TPSA) is 113 Å². The number of allylic oxidation sites excluding steroid dienone is 1. The number of anilines is 2. The number of hydrogen-bond acceptors (Lipinski definition) is 7. The molecule has 1 aliphatic heterocycles. The van der Waals surface area contributed by atoms with Crippen molar-refractivity contribution in [2.45, 2.75) is 0 Å². The maximum atomic E-state index is 11.9. The van der Waals surface area contributed by atoms with Gasteiger partial charge in [0, 0.05) is 29.0 Å². The van der Waals surface area contributed by atoms with Gasteiger partial charge in [-0.1, -0.05) is 41.7 Å². The molecule has 28 heavy (non-hydrogen) atoms. The summed E-state index contributed by atoms with van der Waals surface area (Å²) in [5.41, 5.74) is 2.56. The summed E-state index contributed by atoms with van der Waals surface area (Å²) in [5, 5.41) is 22.2. The van der Waals surface area contributed by atoms with Crippen LogP contribution in [0.5, 0.6) is 0 Å². The molecule has 0 aliphatic carbocycles. The van der Waals surface area contributed by atoms with Crippen LogP contribution in [0.15, 0.2) is 75.2 Å². The van der Waals surface area contributed by atoms with Crippen LogP contribution in [0.2, 0.25) is 0 Å². The lowest BCUT2D eigenvalue weighted by atomic mass is 10.0. The van der Waals surface area contributed by atoms with E-state index in [0.717, 1.165) is 17.0 Å². The van der Waals surface area contributed by atoms with Crippen LogP contribution in [-0.4, -0.2) is 21.8 Å². The summed E-state index contributed by atoms with van der Waals surface area (Å²) < 4.78 is 0. The predicted octanol–water partition coefficient (Wildman–Crippen LogP) is 3.96. The highest BCUT2D eigenvalue weighted by Gasteiger charge is 2.18. The van der Waals surface area contributed by atoms with Gasteiger partial charge < -0.3 is 5.32 Å². The summed E-state index contributed by atoms with van der Waals surface area (Å²) in [6.45, 7) is 0. The van der Waals surface area contributed by atoms with Gasteiger partial charge in [0.2, 0.25) is 0 Å². The number of nitrogens with one attached hydrogen (secondary N) is 2. The Kier molecular flexibility index (Phi) is 4.65. The minimum atomic E-state index is -0.455. The fourth-order valence-electron chi connectivity index (χ4n) is 2.71. The molecule has 138 valence electrons. The molecule has 3 aromatic rings. The summed E-state index contributed by atoms with van der Waals surface area (Å²) in [6, 6.07) is 15.7. The summed E-state index contributed by atoms with van der Waals surface area (Å²) >= 11 is 1.05. The average Bonchev–Trinajstić information content (AvgIpc) is 3.29. The van der Waals surface area contributed by atoms with E-state index >= 15 is 0 Å². The van der Waals surface area contributed by atoms with Crippen molar-refractivity contribution in [3.63, 3.8) is 0 Å². The van der Waals surface area contributed by atoms with Gasteiger partial charge in [-0.2, -0.15) is 5.10 Å². The minimum absolute atomic E-state index is 0.0239. The van der Waals surface area contributed by atoms with E-state index in [0.29, 0.717) is 27.5 Å². The first-order chi connectivity index (χ1) is 13.6. The third-order valence-corrected chi connectivity index (χ3v) is 4.79. The summed E-state index contributed by atoms with van der Waals surface area (Å²) in [4.78, 5) is 25.7. The van der Waals surface area contributed by atoms with Crippen LogP contribution in [0.3, 0.4) is 0 Å². The van der Waals surface area contributed by atoms with Crippen LogP contribution in [0.1, 0.15) is 10.4 Å². The monoisotopic (exact) mass is 391 g/mol. The zero-order valence-electron chi connectivity index (χ0n) is 14.3. The van der Waals surface area contributed by atoms with E-state index in [-0.39, 0.29) is 10.6 Å². The first kappa shape index (κ1) is 17.6. The lowest BCUT2D eigenvalue weighted by molar-refractivity contribution is -0.384.